The van der Waals surface area contributed by atoms with Crippen LogP contribution >= 0.6 is 11.3 Å². The molecule has 164 valence electrons. The maximum atomic E-state index is 11.4. The number of oxazole rings is 1. The molecule has 2 N–H and O–H groups in total. The SMILES string of the molecule is Cc1oc(-c2ccccc2)nc1COc1ccc2c(c1)CCC(Cc1sc(=O)[nH]c1O)C2. The monoisotopic (exact) mass is 448 g/mol. The van der Waals surface area contributed by atoms with Gasteiger partial charge in [-0.15, -0.1) is 0 Å². The third-order valence-corrected chi connectivity index (χ3v) is 6.87. The second-order valence-electron chi connectivity index (χ2n) is 8.21. The van der Waals surface area contributed by atoms with Gasteiger partial charge in [0.05, 0.1) is 4.88 Å². The predicted octanol–water partition coefficient (Wildman–Crippen LogP) is 5.03. The van der Waals surface area contributed by atoms with E-state index >= 15 is 0 Å². The van der Waals surface area contributed by atoms with Gasteiger partial charge >= 0.3 is 4.87 Å². The number of aryl methyl sites for hydroxylation is 2. The molecule has 0 saturated carbocycles. The van der Waals surface area contributed by atoms with Crippen LogP contribution in [-0.4, -0.2) is 15.1 Å². The Balaban J connectivity index is 1.23. The van der Waals surface area contributed by atoms with Crippen LogP contribution in [0, 0.1) is 12.8 Å². The quantitative estimate of drug-likeness (QED) is 0.432. The fourth-order valence-corrected chi connectivity index (χ4v) is 5.08. The number of aromatic nitrogens is 2. The number of nitrogens with one attached hydrogen (secondary N) is 1. The number of hydrogen-bond donors (Lipinski definition) is 2. The highest BCUT2D eigenvalue weighted by molar-refractivity contribution is 7.09. The van der Waals surface area contributed by atoms with Crippen molar-refractivity contribution < 1.29 is 14.3 Å². The average Bonchev–Trinajstić information content (AvgIpc) is 3.33. The summed E-state index contributed by atoms with van der Waals surface area (Å²) in [5.41, 5.74) is 4.35. The molecule has 2 heterocycles. The molecule has 2 aromatic carbocycles. The van der Waals surface area contributed by atoms with Crippen molar-refractivity contribution >= 4 is 11.3 Å². The first-order chi connectivity index (χ1) is 15.5. The number of rotatable bonds is 6. The van der Waals surface area contributed by atoms with Gasteiger partial charge in [-0.05, 0) is 73.9 Å². The normalized spacial score (nSPS) is 15.5. The highest BCUT2D eigenvalue weighted by Gasteiger charge is 2.22. The molecule has 0 saturated heterocycles. The van der Waals surface area contributed by atoms with Crippen molar-refractivity contribution in [3.05, 3.63) is 85.7 Å². The van der Waals surface area contributed by atoms with Crippen LogP contribution in [0.4, 0.5) is 0 Å². The summed E-state index contributed by atoms with van der Waals surface area (Å²) in [5.74, 6) is 2.64. The molecule has 5 rings (SSSR count). The smallest absolute Gasteiger partial charge is 0.307 e. The molecule has 0 bridgehead atoms. The highest BCUT2D eigenvalue weighted by atomic mass is 32.1. The number of benzene rings is 2. The Morgan fingerprint density at radius 2 is 2.06 bits per heavy atom. The van der Waals surface area contributed by atoms with Gasteiger partial charge in [-0.1, -0.05) is 35.6 Å². The van der Waals surface area contributed by atoms with Crippen LogP contribution in [0.5, 0.6) is 11.6 Å². The van der Waals surface area contributed by atoms with Gasteiger partial charge in [0, 0.05) is 5.56 Å². The fourth-order valence-electron chi connectivity index (χ4n) is 4.24. The Bertz CT molecular complexity index is 1290. The Labute approximate surface area is 189 Å². The van der Waals surface area contributed by atoms with Gasteiger partial charge in [0.1, 0.15) is 23.8 Å². The minimum Gasteiger partial charge on any atom is -0.494 e. The van der Waals surface area contributed by atoms with E-state index in [4.69, 9.17) is 9.15 Å². The molecule has 32 heavy (non-hydrogen) atoms. The lowest BCUT2D eigenvalue weighted by Crippen LogP contribution is -2.16. The van der Waals surface area contributed by atoms with Crippen LogP contribution in [0.25, 0.3) is 11.5 Å². The van der Waals surface area contributed by atoms with E-state index in [9.17, 15) is 9.90 Å². The molecule has 1 aliphatic carbocycles. The summed E-state index contributed by atoms with van der Waals surface area (Å²) in [5, 5.41) is 9.86. The van der Waals surface area contributed by atoms with E-state index in [1.54, 1.807) is 0 Å². The van der Waals surface area contributed by atoms with Crippen molar-refractivity contribution in [1.29, 1.82) is 0 Å². The number of ether oxygens (including phenoxy) is 1. The van der Waals surface area contributed by atoms with Gasteiger partial charge < -0.3 is 14.3 Å². The number of aromatic amines is 1. The maximum absolute atomic E-state index is 11.4. The van der Waals surface area contributed by atoms with Gasteiger partial charge in [0.2, 0.25) is 11.8 Å². The zero-order chi connectivity index (χ0) is 22.1. The maximum Gasteiger partial charge on any atom is 0.307 e. The molecule has 0 fully saturated rings. The summed E-state index contributed by atoms with van der Waals surface area (Å²) in [6.45, 7) is 2.26. The molecular weight excluding hydrogens is 424 g/mol. The number of H-pyrrole nitrogens is 1. The van der Waals surface area contributed by atoms with Crippen LogP contribution in [0.15, 0.2) is 57.7 Å². The number of aromatic hydroxyl groups is 1. The minimum atomic E-state index is -0.200. The molecule has 1 aliphatic rings. The average molecular weight is 449 g/mol. The predicted molar refractivity (Wildman–Crippen MR) is 123 cm³/mol. The third-order valence-electron chi connectivity index (χ3n) is 5.97. The first-order valence-electron chi connectivity index (χ1n) is 10.7. The standard InChI is InChI=1S/C25H24N2O4S/c1-15-21(26-24(31-15)17-5-3-2-4-6-17)14-30-20-10-9-18-11-16(7-8-19(18)13-20)12-22-23(28)27-25(29)32-22/h2-6,9-10,13,16,28H,7-8,11-12,14H2,1H3,(H,27,29). The summed E-state index contributed by atoms with van der Waals surface area (Å²) in [7, 11) is 0. The second kappa shape index (κ2) is 8.67. The van der Waals surface area contributed by atoms with Gasteiger partial charge in [-0.25, -0.2) is 4.98 Å². The fraction of sp³-hybridized carbons (Fsp3) is 0.280. The summed E-state index contributed by atoms with van der Waals surface area (Å²) in [6.07, 6.45) is 3.63. The van der Waals surface area contributed by atoms with Crippen molar-refractivity contribution in [2.45, 2.75) is 39.2 Å². The van der Waals surface area contributed by atoms with Crippen molar-refractivity contribution in [3.8, 4) is 23.1 Å². The third kappa shape index (κ3) is 4.34. The molecular formula is C25H24N2O4S. The topological polar surface area (TPSA) is 88.4 Å². The Kier molecular flexibility index (Phi) is 5.57. The van der Waals surface area contributed by atoms with E-state index in [2.05, 4.69) is 22.1 Å². The number of nitrogens with zero attached hydrogens (tertiary/aromatic N) is 1. The molecule has 1 atom stereocenters. The molecule has 7 heteroatoms. The van der Waals surface area contributed by atoms with Crippen LogP contribution in [0.2, 0.25) is 0 Å². The van der Waals surface area contributed by atoms with Crippen LogP contribution in [0.3, 0.4) is 0 Å². The van der Waals surface area contributed by atoms with E-state index in [-0.39, 0.29) is 10.8 Å². The molecule has 0 aliphatic heterocycles. The number of fused-ring (bicyclic) bond motifs is 1. The summed E-state index contributed by atoms with van der Waals surface area (Å²) in [4.78, 5) is 19.0. The molecule has 2 aromatic heterocycles. The first kappa shape index (κ1) is 20.6. The van der Waals surface area contributed by atoms with Crippen molar-refractivity contribution in [2.75, 3.05) is 0 Å². The molecule has 0 amide bonds. The summed E-state index contributed by atoms with van der Waals surface area (Å²) in [6, 6.07) is 16.1. The number of hydrogen-bond acceptors (Lipinski definition) is 6. The second-order valence-corrected chi connectivity index (χ2v) is 9.27. The zero-order valence-corrected chi connectivity index (χ0v) is 18.6. The van der Waals surface area contributed by atoms with E-state index in [1.165, 1.54) is 11.1 Å². The van der Waals surface area contributed by atoms with Crippen molar-refractivity contribution in [2.24, 2.45) is 5.92 Å². The largest absolute Gasteiger partial charge is 0.494 e. The van der Waals surface area contributed by atoms with Crippen LogP contribution in [0.1, 0.15) is 33.9 Å². The first-order valence-corrected chi connectivity index (χ1v) is 11.5. The van der Waals surface area contributed by atoms with Crippen molar-refractivity contribution in [1.82, 2.24) is 9.97 Å². The van der Waals surface area contributed by atoms with Crippen molar-refractivity contribution in [3.63, 3.8) is 0 Å². The number of thiazole rings is 1. The molecule has 0 spiro atoms. The Morgan fingerprint density at radius 1 is 1.22 bits per heavy atom. The van der Waals surface area contributed by atoms with E-state index in [0.29, 0.717) is 18.4 Å². The lowest BCUT2D eigenvalue weighted by atomic mass is 9.82. The summed E-state index contributed by atoms with van der Waals surface area (Å²) < 4.78 is 11.9. The Morgan fingerprint density at radius 3 is 2.84 bits per heavy atom. The lowest BCUT2D eigenvalue weighted by Gasteiger charge is -2.24. The van der Waals surface area contributed by atoms with Gasteiger partial charge in [-0.2, -0.15) is 0 Å². The van der Waals surface area contributed by atoms with Gasteiger partial charge in [0.15, 0.2) is 0 Å². The summed E-state index contributed by atoms with van der Waals surface area (Å²) >= 11 is 1.10. The van der Waals surface area contributed by atoms with Gasteiger partial charge in [0.25, 0.3) is 0 Å². The zero-order valence-electron chi connectivity index (χ0n) is 17.8. The Hall–Kier alpha value is -3.32. The molecule has 4 aromatic rings. The van der Waals surface area contributed by atoms with Crippen LogP contribution in [-0.2, 0) is 25.9 Å². The van der Waals surface area contributed by atoms with Crippen LogP contribution < -0.4 is 9.61 Å². The molecule has 0 radical (unpaired) electrons. The molecule has 1 unspecified atom stereocenters. The highest BCUT2D eigenvalue weighted by Crippen LogP contribution is 2.32. The van der Waals surface area contributed by atoms with E-state index in [1.807, 2.05) is 43.3 Å². The lowest BCUT2D eigenvalue weighted by molar-refractivity contribution is 0.298. The van der Waals surface area contributed by atoms with E-state index < -0.39 is 0 Å². The van der Waals surface area contributed by atoms with Gasteiger partial charge in [-0.3, -0.25) is 9.78 Å². The molecule has 6 nitrogen and oxygen atoms in total. The minimum absolute atomic E-state index is 0.0214. The van der Waals surface area contributed by atoms with E-state index in [0.717, 1.165) is 64.7 Å².